The second-order valence-electron chi connectivity index (χ2n) is 8.33. The monoisotopic (exact) mass is 418 g/mol. The van der Waals surface area contributed by atoms with Gasteiger partial charge in [-0.25, -0.2) is 4.79 Å². The number of anilines is 2. The summed E-state index contributed by atoms with van der Waals surface area (Å²) in [6, 6.07) is 12.2. The number of urea groups is 1. The van der Waals surface area contributed by atoms with Gasteiger partial charge in [-0.15, -0.1) is 0 Å². The summed E-state index contributed by atoms with van der Waals surface area (Å²) in [5.41, 5.74) is 3.02. The fourth-order valence-corrected chi connectivity index (χ4v) is 4.60. The summed E-state index contributed by atoms with van der Waals surface area (Å²) in [7, 11) is 0. The van der Waals surface area contributed by atoms with Crippen LogP contribution in [0.4, 0.5) is 16.2 Å². The molecule has 1 atom stereocenters. The van der Waals surface area contributed by atoms with Gasteiger partial charge in [-0.2, -0.15) is 0 Å². The molecule has 5 rings (SSSR count). The van der Waals surface area contributed by atoms with Crippen molar-refractivity contribution < 1.29 is 19.2 Å². The van der Waals surface area contributed by atoms with E-state index in [1.807, 2.05) is 18.2 Å². The number of imide groups is 1. The highest BCUT2D eigenvalue weighted by Crippen LogP contribution is 2.33. The van der Waals surface area contributed by atoms with Crippen molar-refractivity contribution in [3.05, 3.63) is 59.2 Å². The van der Waals surface area contributed by atoms with Crippen molar-refractivity contribution in [1.29, 1.82) is 0 Å². The molecule has 0 unspecified atom stereocenters. The number of hydrogen-bond donors (Lipinski definition) is 2. The minimum atomic E-state index is -1.23. The van der Waals surface area contributed by atoms with Crippen LogP contribution < -0.4 is 15.5 Å². The first-order valence-corrected chi connectivity index (χ1v) is 10.3. The molecule has 0 saturated carbocycles. The van der Waals surface area contributed by atoms with Gasteiger partial charge in [0.2, 0.25) is 11.8 Å². The fraction of sp³-hybridized carbons (Fsp3) is 0.304. The Morgan fingerprint density at radius 1 is 1.06 bits per heavy atom. The summed E-state index contributed by atoms with van der Waals surface area (Å²) in [5, 5.41) is 5.48. The zero-order chi connectivity index (χ0) is 21.8. The fourth-order valence-electron chi connectivity index (χ4n) is 4.60. The van der Waals surface area contributed by atoms with E-state index in [4.69, 9.17) is 0 Å². The number of carbonyl (C=O) groups is 4. The Labute approximate surface area is 179 Å². The van der Waals surface area contributed by atoms with Crippen LogP contribution in [0.15, 0.2) is 42.5 Å². The first-order valence-electron chi connectivity index (χ1n) is 10.3. The average molecular weight is 418 g/mol. The van der Waals surface area contributed by atoms with Gasteiger partial charge in [0.05, 0.1) is 11.4 Å². The highest BCUT2D eigenvalue weighted by Gasteiger charge is 2.50. The van der Waals surface area contributed by atoms with Crippen LogP contribution in [-0.4, -0.2) is 41.7 Å². The number of benzene rings is 2. The summed E-state index contributed by atoms with van der Waals surface area (Å²) in [5.74, 6) is -1.30. The van der Waals surface area contributed by atoms with Gasteiger partial charge < -0.3 is 10.6 Å². The lowest BCUT2D eigenvalue weighted by atomic mass is 9.89. The van der Waals surface area contributed by atoms with E-state index in [2.05, 4.69) is 10.6 Å². The maximum Gasteiger partial charge on any atom is 0.325 e. The van der Waals surface area contributed by atoms with E-state index in [9.17, 15) is 19.2 Å². The van der Waals surface area contributed by atoms with Crippen molar-refractivity contribution in [3.63, 3.8) is 0 Å². The van der Waals surface area contributed by atoms with Crippen molar-refractivity contribution in [2.45, 2.75) is 31.7 Å². The third kappa shape index (κ3) is 3.06. The minimum absolute atomic E-state index is 0.165. The van der Waals surface area contributed by atoms with E-state index in [0.29, 0.717) is 16.9 Å². The molecule has 2 aromatic rings. The van der Waals surface area contributed by atoms with E-state index in [-0.39, 0.29) is 12.5 Å². The summed E-state index contributed by atoms with van der Waals surface area (Å²) in [4.78, 5) is 53.2. The molecule has 158 valence electrons. The predicted octanol–water partition coefficient (Wildman–Crippen LogP) is 1.93. The van der Waals surface area contributed by atoms with E-state index >= 15 is 0 Å². The molecule has 0 bridgehead atoms. The molecule has 2 aliphatic heterocycles. The zero-order valence-corrected chi connectivity index (χ0v) is 17.1. The third-order valence-corrected chi connectivity index (χ3v) is 6.32. The summed E-state index contributed by atoms with van der Waals surface area (Å²) >= 11 is 0. The molecule has 2 heterocycles. The Hall–Kier alpha value is -3.68. The normalized spacial score (nSPS) is 22.2. The van der Waals surface area contributed by atoms with Gasteiger partial charge >= 0.3 is 6.03 Å². The summed E-state index contributed by atoms with van der Waals surface area (Å²) < 4.78 is 0. The number of aryl methyl sites for hydroxylation is 2. The molecule has 0 aromatic heterocycles. The van der Waals surface area contributed by atoms with Crippen LogP contribution in [0, 0.1) is 0 Å². The standard InChI is InChI=1S/C23H22N4O4/c1-23(16-10-9-14-5-4-6-15(14)11-16)21(30)27(22(31)25-23)13-20(29)26-12-19(28)24-17-7-2-3-8-18(17)26/h2-3,7-11H,4-6,12-13H2,1H3,(H,24,28)(H,25,31)/t23-/m1/s1. The van der Waals surface area contributed by atoms with Crippen LogP contribution in [0.1, 0.15) is 30.0 Å². The Bertz CT molecular complexity index is 1140. The molecule has 1 aliphatic carbocycles. The Morgan fingerprint density at radius 3 is 2.68 bits per heavy atom. The van der Waals surface area contributed by atoms with Crippen molar-refractivity contribution in [2.75, 3.05) is 23.3 Å². The maximum atomic E-state index is 13.3. The predicted molar refractivity (Wildman–Crippen MR) is 113 cm³/mol. The van der Waals surface area contributed by atoms with Gasteiger partial charge in [-0.1, -0.05) is 30.3 Å². The summed E-state index contributed by atoms with van der Waals surface area (Å²) in [6.07, 6.45) is 3.07. The van der Waals surface area contributed by atoms with E-state index in [0.717, 1.165) is 24.2 Å². The van der Waals surface area contributed by atoms with Crippen LogP contribution in [0.3, 0.4) is 0 Å². The number of hydrogen-bond acceptors (Lipinski definition) is 4. The topological polar surface area (TPSA) is 98.8 Å². The number of rotatable bonds is 3. The first kappa shape index (κ1) is 19.3. The van der Waals surface area contributed by atoms with Crippen LogP contribution >= 0.6 is 0 Å². The van der Waals surface area contributed by atoms with Gasteiger partial charge in [-0.3, -0.25) is 24.2 Å². The highest BCUT2D eigenvalue weighted by atomic mass is 16.2. The van der Waals surface area contributed by atoms with E-state index in [1.54, 1.807) is 31.2 Å². The largest absolute Gasteiger partial charge is 0.325 e. The molecule has 1 saturated heterocycles. The van der Waals surface area contributed by atoms with Crippen molar-refractivity contribution in [3.8, 4) is 0 Å². The molecule has 8 heteroatoms. The van der Waals surface area contributed by atoms with Crippen LogP contribution in [-0.2, 0) is 32.8 Å². The second kappa shape index (κ2) is 6.94. The summed E-state index contributed by atoms with van der Waals surface area (Å²) in [6.45, 7) is 1.06. The van der Waals surface area contributed by atoms with Crippen molar-refractivity contribution >= 4 is 35.1 Å². The third-order valence-electron chi connectivity index (χ3n) is 6.32. The van der Waals surface area contributed by atoms with E-state index < -0.39 is 29.9 Å². The SMILES string of the molecule is C[C@]1(c2ccc3c(c2)CCC3)NC(=O)N(CC(=O)N2CC(=O)Nc3ccccc32)C1=O. The Balaban J connectivity index is 1.39. The number of amides is 5. The van der Waals surface area contributed by atoms with Gasteiger partial charge in [0.15, 0.2) is 0 Å². The molecule has 3 aliphatic rings. The lowest BCUT2D eigenvalue weighted by Gasteiger charge is -2.30. The minimum Gasteiger partial charge on any atom is -0.323 e. The quantitative estimate of drug-likeness (QED) is 0.744. The van der Waals surface area contributed by atoms with Gasteiger partial charge in [0.25, 0.3) is 5.91 Å². The van der Waals surface area contributed by atoms with Gasteiger partial charge in [0.1, 0.15) is 18.6 Å². The molecule has 2 N–H and O–H groups in total. The molecule has 2 aromatic carbocycles. The molecular formula is C23H22N4O4. The number of carbonyl (C=O) groups excluding carboxylic acids is 4. The lowest BCUT2D eigenvalue weighted by Crippen LogP contribution is -2.48. The van der Waals surface area contributed by atoms with Crippen LogP contribution in [0.5, 0.6) is 0 Å². The van der Waals surface area contributed by atoms with Crippen LogP contribution in [0.25, 0.3) is 0 Å². The molecule has 1 fully saturated rings. The average Bonchev–Trinajstić information content (AvgIpc) is 3.31. The smallest absolute Gasteiger partial charge is 0.323 e. The molecule has 5 amide bonds. The molecule has 31 heavy (non-hydrogen) atoms. The number of nitrogens with one attached hydrogen (secondary N) is 2. The second-order valence-corrected chi connectivity index (χ2v) is 8.33. The van der Waals surface area contributed by atoms with Crippen molar-refractivity contribution in [2.24, 2.45) is 0 Å². The van der Waals surface area contributed by atoms with Crippen LogP contribution in [0.2, 0.25) is 0 Å². The van der Waals surface area contributed by atoms with Gasteiger partial charge in [0, 0.05) is 0 Å². The number of fused-ring (bicyclic) bond motifs is 2. The highest BCUT2D eigenvalue weighted by molar-refractivity contribution is 6.14. The Morgan fingerprint density at radius 2 is 1.84 bits per heavy atom. The van der Waals surface area contributed by atoms with Gasteiger partial charge in [-0.05, 0) is 55.0 Å². The molecule has 0 radical (unpaired) electrons. The van der Waals surface area contributed by atoms with Crippen molar-refractivity contribution in [1.82, 2.24) is 10.2 Å². The maximum absolute atomic E-state index is 13.3. The number of nitrogens with zero attached hydrogens (tertiary/aromatic N) is 2. The molecule has 0 spiro atoms. The Kier molecular flexibility index (Phi) is 4.32. The molecule has 8 nitrogen and oxygen atoms in total. The molecular weight excluding hydrogens is 396 g/mol. The van der Waals surface area contributed by atoms with E-state index in [1.165, 1.54) is 16.0 Å². The first-order chi connectivity index (χ1) is 14.9. The number of para-hydroxylation sites is 2. The lowest BCUT2D eigenvalue weighted by molar-refractivity contribution is -0.134. The zero-order valence-electron chi connectivity index (χ0n) is 17.1.